The Bertz CT molecular complexity index is 1450. The van der Waals surface area contributed by atoms with Gasteiger partial charge in [-0.05, 0) is 60.4 Å². The standard InChI is InChI=1S/C26H21F2N3O2/c1-15-21-14-18(27)8-7-17(21)10-11-31(15)26(33)22-12-16(6-9-23(22)28)13-24-19-4-2-3-5-20(19)25(32)30-29-24/h2-9,12,14-15H,10-11,13H2,1H3,(H,30,32). The third-order valence-corrected chi connectivity index (χ3v) is 6.32. The summed E-state index contributed by atoms with van der Waals surface area (Å²) in [6.45, 7) is 2.25. The highest BCUT2D eigenvalue weighted by Crippen LogP contribution is 2.31. The Kier molecular flexibility index (Phi) is 5.24. The molecule has 0 fully saturated rings. The summed E-state index contributed by atoms with van der Waals surface area (Å²) >= 11 is 0. The van der Waals surface area contributed by atoms with Crippen LogP contribution in [0, 0.1) is 11.6 Å². The van der Waals surface area contributed by atoms with Crippen molar-refractivity contribution in [2.75, 3.05) is 6.54 Å². The first-order valence-corrected chi connectivity index (χ1v) is 10.8. The van der Waals surface area contributed by atoms with E-state index in [9.17, 15) is 18.4 Å². The monoisotopic (exact) mass is 445 g/mol. The molecule has 2 heterocycles. The molecule has 3 aromatic carbocycles. The highest BCUT2D eigenvalue weighted by molar-refractivity contribution is 5.95. The number of fused-ring (bicyclic) bond motifs is 2. The van der Waals surface area contributed by atoms with Gasteiger partial charge in [-0.15, -0.1) is 0 Å². The number of nitrogens with zero attached hydrogens (tertiary/aromatic N) is 2. The average Bonchev–Trinajstić information content (AvgIpc) is 2.82. The molecule has 0 spiro atoms. The number of hydrogen-bond acceptors (Lipinski definition) is 3. The normalized spacial score (nSPS) is 15.5. The zero-order valence-corrected chi connectivity index (χ0v) is 17.9. The van der Waals surface area contributed by atoms with Crippen molar-refractivity contribution in [2.24, 2.45) is 0 Å². The van der Waals surface area contributed by atoms with E-state index in [-0.39, 0.29) is 23.0 Å². The summed E-state index contributed by atoms with van der Waals surface area (Å²) in [7, 11) is 0. The van der Waals surface area contributed by atoms with Crippen LogP contribution in [0.25, 0.3) is 10.8 Å². The van der Waals surface area contributed by atoms with Crippen LogP contribution in [-0.2, 0) is 12.8 Å². The Balaban J connectivity index is 1.47. The van der Waals surface area contributed by atoms with Crippen LogP contribution in [0.5, 0.6) is 0 Å². The van der Waals surface area contributed by atoms with Gasteiger partial charge in [0, 0.05) is 18.4 Å². The van der Waals surface area contributed by atoms with Crippen molar-refractivity contribution in [3.05, 3.63) is 111 Å². The molecule has 5 nitrogen and oxygen atoms in total. The number of benzene rings is 3. The zero-order chi connectivity index (χ0) is 23.1. The molecule has 1 aliphatic rings. The third kappa shape index (κ3) is 3.80. The van der Waals surface area contributed by atoms with E-state index < -0.39 is 11.7 Å². The van der Waals surface area contributed by atoms with Gasteiger partial charge < -0.3 is 4.90 Å². The number of hydrogen-bond donors (Lipinski definition) is 1. The molecule has 1 aromatic heterocycles. The quantitative estimate of drug-likeness (QED) is 0.503. The van der Waals surface area contributed by atoms with Crippen LogP contribution in [0.4, 0.5) is 8.78 Å². The van der Waals surface area contributed by atoms with Gasteiger partial charge in [-0.2, -0.15) is 5.10 Å². The SMILES string of the molecule is CC1c2cc(F)ccc2CCN1C(=O)c1cc(Cc2n[nH]c(=O)c3ccccc23)ccc1F. The van der Waals surface area contributed by atoms with Crippen LogP contribution < -0.4 is 5.56 Å². The minimum atomic E-state index is -0.611. The van der Waals surface area contributed by atoms with Crippen molar-refractivity contribution in [1.29, 1.82) is 0 Å². The predicted molar refractivity (Wildman–Crippen MR) is 121 cm³/mol. The van der Waals surface area contributed by atoms with Gasteiger partial charge in [0.25, 0.3) is 11.5 Å². The summed E-state index contributed by atoms with van der Waals surface area (Å²) in [6, 6.07) is 15.8. The summed E-state index contributed by atoms with van der Waals surface area (Å²) in [4.78, 5) is 26.9. The molecule has 0 saturated heterocycles. The molecule has 0 aliphatic carbocycles. The number of H-pyrrole nitrogens is 1. The number of amides is 1. The molecule has 166 valence electrons. The van der Waals surface area contributed by atoms with Crippen molar-refractivity contribution >= 4 is 16.7 Å². The third-order valence-electron chi connectivity index (χ3n) is 6.32. The minimum Gasteiger partial charge on any atom is -0.331 e. The van der Waals surface area contributed by atoms with Crippen LogP contribution in [0.2, 0.25) is 0 Å². The first kappa shape index (κ1) is 21.0. The molecule has 7 heteroatoms. The van der Waals surface area contributed by atoms with Gasteiger partial charge in [0.15, 0.2) is 0 Å². The van der Waals surface area contributed by atoms with Gasteiger partial charge in [0.2, 0.25) is 0 Å². The van der Waals surface area contributed by atoms with E-state index in [4.69, 9.17) is 0 Å². The molecule has 1 unspecified atom stereocenters. The van der Waals surface area contributed by atoms with Crippen molar-refractivity contribution in [1.82, 2.24) is 15.1 Å². The molecule has 1 aliphatic heterocycles. The summed E-state index contributed by atoms with van der Waals surface area (Å²) in [6.07, 6.45) is 0.905. The summed E-state index contributed by atoms with van der Waals surface area (Å²) in [5.74, 6) is -1.40. The Morgan fingerprint density at radius 2 is 1.88 bits per heavy atom. The van der Waals surface area contributed by atoms with Crippen LogP contribution in [0.15, 0.2) is 65.5 Å². The van der Waals surface area contributed by atoms with Gasteiger partial charge in [-0.3, -0.25) is 9.59 Å². The van der Waals surface area contributed by atoms with Crippen LogP contribution in [-0.4, -0.2) is 27.5 Å². The fourth-order valence-corrected chi connectivity index (χ4v) is 4.56. The first-order valence-electron chi connectivity index (χ1n) is 10.8. The maximum atomic E-state index is 14.7. The molecule has 33 heavy (non-hydrogen) atoms. The molecule has 1 amide bonds. The van der Waals surface area contributed by atoms with E-state index >= 15 is 0 Å². The second-order valence-electron chi connectivity index (χ2n) is 8.30. The lowest BCUT2D eigenvalue weighted by molar-refractivity contribution is 0.0672. The van der Waals surface area contributed by atoms with E-state index in [1.165, 1.54) is 24.3 Å². The number of carbonyl (C=O) groups excluding carboxylic acids is 1. The van der Waals surface area contributed by atoms with E-state index in [1.54, 1.807) is 29.2 Å². The number of aromatic amines is 1. The fourth-order valence-electron chi connectivity index (χ4n) is 4.56. The number of rotatable bonds is 3. The smallest absolute Gasteiger partial charge is 0.272 e. The fraction of sp³-hybridized carbons (Fsp3) is 0.192. The largest absolute Gasteiger partial charge is 0.331 e. The lowest BCUT2D eigenvalue weighted by atomic mass is 9.92. The number of halogens is 2. The van der Waals surface area contributed by atoms with Crippen LogP contribution >= 0.6 is 0 Å². The summed E-state index contributed by atoms with van der Waals surface area (Å²) < 4.78 is 28.5. The molecule has 1 N–H and O–H groups in total. The molecule has 0 radical (unpaired) electrons. The Morgan fingerprint density at radius 3 is 2.70 bits per heavy atom. The molecule has 4 aromatic rings. The average molecular weight is 445 g/mol. The summed E-state index contributed by atoms with van der Waals surface area (Å²) in [5.41, 5.74) is 2.76. The molecular formula is C26H21F2N3O2. The molecule has 1 atom stereocenters. The minimum absolute atomic E-state index is 0.0343. The topological polar surface area (TPSA) is 66.1 Å². The second-order valence-corrected chi connectivity index (χ2v) is 8.30. The lowest BCUT2D eigenvalue weighted by Crippen LogP contribution is -2.39. The Labute approximate surface area is 188 Å². The van der Waals surface area contributed by atoms with Crippen molar-refractivity contribution in [3.8, 4) is 0 Å². The van der Waals surface area contributed by atoms with Gasteiger partial charge >= 0.3 is 0 Å². The number of carbonyl (C=O) groups is 1. The van der Waals surface area contributed by atoms with E-state index in [2.05, 4.69) is 10.2 Å². The van der Waals surface area contributed by atoms with Gasteiger partial charge in [-0.25, -0.2) is 13.9 Å². The van der Waals surface area contributed by atoms with Gasteiger partial charge in [0.1, 0.15) is 11.6 Å². The van der Waals surface area contributed by atoms with Crippen LogP contribution in [0.3, 0.4) is 0 Å². The highest BCUT2D eigenvalue weighted by atomic mass is 19.1. The zero-order valence-electron chi connectivity index (χ0n) is 17.9. The highest BCUT2D eigenvalue weighted by Gasteiger charge is 2.30. The van der Waals surface area contributed by atoms with Crippen molar-refractivity contribution in [2.45, 2.75) is 25.8 Å². The molecule has 0 bridgehead atoms. The molecule has 5 rings (SSSR count). The number of nitrogens with one attached hydrogen (secondary N) is 1. The van der Waals surface area contributed by atoms with Crippen molar-refractivity contribution in [3.63, 3.8) is 0 Å². The Hall–Kier alpha value is -3.87. The van der Waals surface area contributed by atoms with Crippen molar-refractivity contribution < 1.29 is 13.6 Å². The number of aromatic nitrogens is 2. The predicted octanol–water partition coefficient (Wildman–Crippen LogP) is 4.55. The van der Waals surface area contributed by atoms with E-state index in [1.807, 2.05) is 19.1 Å². The van der Waals surface area contributed by atoms with Gasteiger partial charge in [-0.1, -0.05) is 30.3 Å². The van der Waals surface area contributed by atoms with E-state index in [0.29, 0.717) is 41.4 Å². The lowest BCUT2D eigenvalue weighted by Gasteiger charge is -2.35. The van der Waals surface area contributed by atoms with Crippen LogP contribution in [0.1, 0.15) is 45.7 Å². The maximum absolute atomic E-state index is 14.7. The second kappa shape index (κ2) is 8.24. The molecule has 0 saturated carbocycles. The van der Waals surface area contributed by atoms with Gasteiger partial charge in [0.05, 0.1) is 22.7 Å². The summed E-state index contributed by atoms with van der Waals surface area (Å²) in [5, 5.41) is 7.90. The Morgan fingerprint density at radius 1 is 1.09 bits per heavy atom. The molecular weight excluding hydrogens is 424 g/mol. The first-order chi connectivity index (χ1) is 15.9. The van der Waals surface area contributed by atoms with E-state index in [0.717, 1.165) is 11.1 Å². The maximum Gasteiger partial charge on any atom is 0.272 e.